The molecule has 0 atom stereocenters. The van der Waals surface area contributed by atoms with Crippen LogP contribution in [0.3, 0.4) is 0 Å². The molecule has 1 N–H and O–H groups in total. The third-order valence-electron chi connectivity index (χ3n) is 3.08. The number of aromatic nitrogens is 1. The summed E-state index contributed by atoms with van der Waals surface area (Å²) in [6.07, 6.45) is 1.81. The first kappa shape index (κ1) is 15.5. The molecule has 6 heteroatoms. The lowest BCUT2D eigenvalue weighted by atomic mass is 10.2. The van der Waals surface area contributed by atoms with Crippen LogP contribution >= 0.6 is 0 Å². The number of pyridine rings is 1. The predicted molar refractivity (Wildman–Crippen MR) is 83.6 cm³/mol. The van der Waals surface area contributed by atoms with Gasteiger partial charge in [0.2, 0.25) is 10.0 Å². The molecule has 1 heterocycles. The van der Waals surface area contributed by atoms with Crippen molar-refractivity contribution in [1.29, 1.82) is 0 Å². The van der Waals surface area contributed by atoms with E-state index in [2.05, 4.69) is 10.3 Å². The van der Waals surface area contributed by atoms with Crippen LogP contribution in [0, 0.1) is 6.92 Å². The molecule has 0 amide bonds. The maximum Gasteiger partial charge on any atom is 0.242 e. The van der Waals surface area contributed by atoms with E-state index in [1.165, 1.54) is 18.4 Å². The van der Waals surface area contributed by atoms with Crippen LogP contribution in [0.5, 0.6) is 0 Å². The van der Waals surface area contributed by atoms with Crippen LogP contribution in [0.4, 0.5) is 5.69 Å². The Balaban J connectivity index is 2.13. The van der Waals surface area contributed by atoms with E-state index < -0.39 is 10.0 Å². The van der Waals surface area contributed by atoms with E-state index in [0.29, 0.717) is 6.54 Å². The zero-order valence-electron chi connectivity index (χ0n) is 12.4. The monoisotopic (exact) mass is 305 g/mol. The van der Waals surface area contributed by atoms with Gasteiger partial charge in [-0.15, -0.1) is 0 Å². The minimum atomic E-state index is -3.41. The van der Waals surface area contributed by atoms with Crippen LogP contribution in [-0.2, 0) is 16.6 Å². The molecular weight excluding hydrogens is 286 g/mol. The van der Waals surface area contributed by atoms with Gasteiger partial charge < -0.3 is 5.32 Å². The summed E-state index contributed by atoms with van der Waals surface area (Å²) in [5.74, 6) is 0. The first-order valence-corrected chi connectivity index (χ1v) is 8.01. The van der Waals surface area contributed by atoms with Crippen LogP contribution in [0.15, 0.2) is 47.5 Å². The summed E-state index contributed by atoms with van der Waals surface area (Å²) in [4.78, 5) is 4.51. The van der Waals surface area contributed by atoms with Gasteiger partial charge in [0.05, 0.1) is 4.90 Å². The molecule has 2 rings (SSSR count). The zero-order valence-corrected chi connectivity index (χ0v) is 13.2. The lowest BCUT2D eigenvalue weighted by molar-refractivity contribution is 0.521. The van der Waals surface area contributed by atoms with Crippen molar-refractivity contribution in [2.45, 2.75) is 18.4 Å². The Morgan fingerprint density at radius 2 is 1.95 bits per heavy atom. The van der Waals surface area contributed by atoms with Gasteiger partial charge in [-0.3, -0.25) is 4.98 Å². The van der Waals surface area contributed by atoms with Gasteiger partial charge in [0.15, 0.2) is 0 Å². The van der Waals surface area contributed by atoms with Crippen LogP contribution in [-0.4, -0.2) is 31.8 Å². The van der Waals surface area contributed by atoms with Gasteiger partial charge >= 0.3 is 0 Å². The summed E-state index contributed by atoms with van der Waals surface area (Å²) < 4.78 is 25.4. The highest BCUT2D eigenvalue weighted by Gasteiger charge is 2.16. The number of sulfonamides is 1. The minimum Gasteiger partial charge on any atom is -0.381 e. The van der Waals surface area contributed by atoms with Crippen molar-refractivity contribution in [3.63, 3.8) is 0 Å². The molecule has 5 nitrogen and oxygen atoms in total. The molecule has 0 saturated heterocycles. The number of benzene rings is 1. The molecule has 0 radical (unpaired) electrons. The van der Waals surface area contributed by atoms with Gasteiger partial charge in [0, 0.05) is 38.2 Å². The number of aryl methyl sites for hydroxylation is 1. The molecule has 1 aromatic heterocycles. The van der Waals surface area contributed by atoms with Gasteiger partial charge in [-0.1, -0.05) is 12.1 Å². The highest BCUT2D eigenvalue weighted by atomic mass is 32.2. The van der Waals surface area contributed by atoms with E-state index >= 15 is 0 Å². The normalized spacial score (nSPS) is 11.6. The second-order valence-corrected chi connectivity index (χ2v) is 7.13. The van der Waals surface area contributed by atoms with Gasteiger partial charge in [-0.2, -0.15) is 0 Å². The summed E-state index contributed by atoms with van der Waals surface area (Å²) >= 11 is 0. The number of nitrogens with zero attached hydrogens (tertiary/aromatic N) is 2. The Hall–Kier alpha value is -1.92. The molecule has 0 unspecified atom stereocenters. The molecule has 21 heavy (non-hydrogen) atoms. The van der Waals surface area contributed by atoms with Crippen LogP contribution < -0.4 is 5.32 Å². The van der Waals surface area contributed by atoms with Crippen molar-refractivity contribution in [1.82, 2.24) is 9.29 Å². The van der Waals surface area contributed by atoms with Crippen molar-refractivity contribution < 1.29 is 8.42 Å². The molecule has 0 aliphatic heterocycles. The fourth-order valence-corrected chi connectivity index (χ4v) is 2.73. The standard InChI is InChI=1S/C15H19N3O2S/c1-12-7-8-13(10-16-12)11-17-14-5-4-6-15(9-14)21(19,20)18(2)3/h4-10,17H,11H2,1-3H3. The summed E-state index contributed by atoms with van der Waals surface area (Å²) in [5.41, 5.74) is 2.78. The SMILES string of the molecule is Cc1ccc(CNc2cccc(S(=O)(=O)N(C)C)c2)cn1. The van der Waals surface area contributed by atoms with Crippen LogP contribution in [0.25, 0.3) is 0 Å². The molecule has 0 saturated carbocycles. The third kappa shape index (κ3) is 3.80. The van der Waals surface area contributed by atoms with E-state index in [9.17, 15) is 8.42 Å². The summed E-state index contributed by atoms with van der Waals surface area (Å²) in [6.45, 7) is 2.53. The Labute approximate surface area is 125 Å². The molecule has 1 aromatic carbocycles. The second-order valence-electron chi connectivity index (χ2n) is 4.98. The molecule has 0 aliphatic rings. The Kier molecular flexibility index (Phi) is 4.59. The molecule has 0 spiro atoms. The number of hydrogen-bond acceptors (Lipinski definition) is 4. The van der Waals surface area contributed by atoms with Gasteiger partial charge in [0.25, 0.3) is 0 Å². The minimum absolute atomic E-state index is 0.277. The van der Waals surface area contributed by atoms with Crippen molar-refractivity contribution >= 4 is 15.7 Å². The number of nitrogens with one attached hydrogen (secondary N) is 1. The van der Waals surface area contributed by atoms with Crippen molar-refractivity contribution in [3.8, 4) is 0 Å². The molecule has 2 aromatic rings. The van der Waals surface area contributed by atoms with Crippen molar-refractivity contribution in [3.05, 3.63) is 53.9 Å². The second kappa shape index (κ2) is 6.24. The largest absolute Gasteiger partial charge is 0.381 e. The van der Waals surface area contributed by atoms with E-state index in [0.717, 1.165) is 16.9 Å². The Bertz CT molecular complexity index is 710. The fourth-order valence-electron chi connectivity index (χ4n) is 1.78. The summed E-state index contributed by atoms with van der Waals surface area (Å²) in [7, 11) is -0.365. The summed E-state index contributed by atoms with van der Waals surface area (Å²) in [5, 5.41) is 3.21. The number of hydrogen-bond donors (Lipinski definition) is 1. The molecule has 112 valence electrons. The molecule has 0 fully saturated rings. The van der Waals surface area contributed by atoms with E-state index in [1.807, 2.05) is 31.3 Å². The topological polar surface area (TPSA) is 62.3 Å². The maximum absolute atomic E-state index is 12.1. The molecule has 0 aliphatic carbocycles. The van der Waals surface area contributed by atoms with E-state index in [-0.39, 0.29) is 4.90 Å². The Morgan fingerprint density at radius 3 is 2.57 bits per heavy atom. The smallest absolute Gasteiger partial charge is 0.242 e. The first-order valence-electron chi connectivity index (χ1n) is 6.57. The van der Waals surface area contributed by atoms with Gasteiger partial charge in [-0.05, 0) is 36.8 Å². The third-order valence-corrected chi connectivity index (χ3v) is 4.89. The van der Waals surface area contributed by atoms with Gasteiger partial charge in [-0.25, -0.2) is 12.7 Å². The lowest BCUT2D eigenvalue weighted by Crippen LogP contribution is -2.22. The van der Waals surface area contributed by atoms with Crippen molar-refractivity contribution in [2.75, 3.05) is 19.4 Å². The lowest BCUT2D eigenvalue weighted by Gasteiger charge is -2.13. The highest BCUT2D eigenvalue weighted by molar-refractivity contribution is 7.89. The number of anilines is 1. The van der Waals surface area contributed by atoms with Crippen LogP contribution in [0.2, 0.25) is 0 Å². The summed E-state index contributed by atoms with van der Waals surface area (Å²) in [6, 6.07) is 10.7. The van der Waals surface area contributed by atoms with Gasteiger partial charge in [0.1, 0.15) is 0 Å². The molecular formula is C15H19N3O2S. The predicted octanol–water partition coefficient (Wildman–Crippen LogP) is 2.25. The average molecular weight is 305 g/mol. The van der Waals surface area contributed by atoms with Crippen LogP contribution in [0.1, 0.15) is 11.3 Å². The molecule has 0 bridgehead atoms. The average Bonchev–Trinajstić information content (AvgIpc) is 2.47. The van der Waals surface area contributed by atoms with Crippen molar-refractivity contribution in [2.24, 2.45) is 0 Å². The first-order chi connectivity index (χ1) is 9.89. The van der Waals surface area contributed by atoms with E-state index in [1.54, 1.807) is 18.2 Å². The zero-order chi connectivity index (χ0) is 15.5. The Morgan fingerprint density at radius 1 is 1.19 bits per heavy atom. The fraction of sp³-hybridized carbons (Fsp3) is 0.267. The number of rotatable bonds is 5. The maximum atomic E-state index is 12.1. The quantitative estimate of drug-likeness (QED) is 0.920. The highest BCUT2D eigenvalue weighted by Crippen LogP contribution is 2.18. The van der Waals surface area contributed by atoms with E-state index in [4.69, 9.17) is 0 Å².